The molecule has 2 N–H and O–H groups in total. The molecule has 6 nitrogen and oxygen atoms in total. The van der Waals surface area contributed by atoms with Gasteiger partial charge in [0, 0.05) is 37.8 Å². The summed E-state index contributed by atoms with van der Waals surface area (Å²) in [5, 5.41) is 6.91. The van der Waals surface area contributed by atoms with E-state index in [1.54, 1.807) is 6.26 Å². The van der Waals surface area contributed by atoms with E-state index in [4.69, 9.17) is 4.42 Å². The molecular formula is C21H30IN5O. The summed E-state index contributed by atoms with van der Waals surface area (Å²) in [6, 6.07) is 9.57. The second-order valence-electron chi connectivity index (χ2n) is 7.62. The first-order chi connectivity index (χ1) is 13.2. The van der Waals surface area contributed by atoms with Gasteiger partial charge < -0.3 is 20.0 Å². The van der Waals surface area contributed by atoms with Crippen molar-refractivity contribution in [2.24, 2.45) is 4.99 Å². The normalized spacial score (nSPS) is 18.6. The Morgan fingerprint density at radius 2 is 1.89 bits per heavy atom. The van der Waals surface area contributed by atoms with Crippen LogP contribution in [0.5, 0.6) is 0 Å². The van der Waals surface area contributed by atoms with Gasteiger partial charge in [-0.15, -0.1) is 24.0 Å². The van der Waals surface area contributed by atoms with Gasteiger partial charge >= 0.3 is 0 Å². The number of nitrogens with one attached hydrogen (secondary N) is 2. The lowest BCUT2D eigenvalue weighted by molar-refractivity contribution is 0.197. The van der Waals surface area contributed by atoms with Crippen molar-refractivity contribution < 1.29 is 4.42 Å². The average molecular weight is 495 g/mol. The molecule has 1 saturated carbocycles. The van der Waals surface area contributed by atoms with Crippen molar-refractivity contribution in [3.8, 4) is 11.5 Å². The van der Waals surface area contributed by atoms with Gasteiger partial charge in [-0.3, -0.25) is 4.99 Å². The number of likely N-dealkylation sites (tertiary alicyclic amines) is 1. The van der Waals surface area contributed by atoms with E-state index < -0.39 is 0 Å². The minimum atomic E-state index is 0. The first-order valence-corrected chi connectivity index (χ1v) is 9.94. The highest BCUT2D eigenvalue weighted by molar-refractivity contribution is 14.0. The molecule has 0 atom stereocenters. The van der Waals surface area contributed by atoms with E-state index in [1.807, 2.05) is 19.2 Å². The molecule has 152 valence electrons. The maximum absolute atomic E-state index is 5.63. The van der Waals surface area contributed by atoms with Crippen molar-refractivity contribution in [2.45, 2.75) is 51.2 Å². The summed E-state index contributed by atoms with van der Waals surface area (Å²) in [6.07, 6.45) is 6.86. The number of guanidine groups is 1. The minimum Gasteiger partial charge on any atom is -0.444 e. The molecule has 0 radical (unpaired) electrons. The van der Waals surface area contributed by atoms with Crippen molar-refractivity contribution >= 4 is 29.9 Å². The molecule has 1 aromatic heterocycles. The molecule has 0 unspecified atom stereocenters. The van der Waals surface area contributed by atoms with Gasteiger partial charge in [-0.2, -0.15) is 0 Å². The average Bonchev–Trinajstić information content (AvgIpc) is 3.44. The number of rotatable bonds is 5. The lowest BCUT2D eigenvalue weighted by Gasteiger charge is -2.33. The SMILES string of the molecule is CN=C(NCc1coc(-c2ccc(C)cc2)n1)NC1CCN(C2CC2)CC1.I. The van der Waals surface area contributed by atoms with Crippen LogP contribution in [0.4, 0.5) is 0 Å². The monoisotopic (exact) mass is 495 g/mol. The third-order valence-corrected chi connectivity index (χ3v) is 5.44. The summed E-state index contributed by atoms with van der Waals surface area (Å²) < 4.78 is 5.63. The van der Waals surface area contributed by atoms with Gasteiger partial charge in [-0.05, 0) is 44.7 Å². The van der Waals surface area contributed by atoms with Gasteiger partial charge in [0.15, 0.2) is 5.96 Å². The Morgan fingerprint density at radius 3 is 2.54 bits per heavy atom. The van der Waals surface area contributed by atoms with Crippen LogP contribution < -0.4 is 10.6 Å². The van der Waals surface area contributed by atoms with Crippen LogP contribution in [-0.2, 0) is 6.54 Å². The van der Waals surface area contributed by atoms with E-state index in [1.165, 1.54) is 44.3 Å². The second-order valence-corrected chi connectivity index (χ2v) is 7.62. The van der Waals surface area contributed by atoms with Crippen molar-refractivity contribution in [3.05, 3.63) is 41.8 Å². The van der Waals surface area contributed by atoms with E-state index in [9.17, 15) is 0 Å². The molecule has 28 heavy (non-hydrogen) atoms. The second kappa shape index (κ2) is 9.73. The van der Waals surface area contributed by atoms with E-state index >= 15 is 0 Å². The Bertz CT molecular complexity index is 776. The van der Waals surface area contributed by atoms with Gasteiger partial charge in [0.05, 0.1) is 12.2 Å². The quantitative estimate of drug-likeness (QED) is 0.378. The number of oxazole rings is 1. The van der Waals surface area contributed by atoms with Gasteiger partial charge in [0.1, 0.15) is 6.26 Å². The van der Waals surface area contributed by atoms with Crippen LogP contribution >= 0.6 is 24.0 Å². The minimum absolute atomic E-state index is 0. The van der Waals surface area contributed by atoms with Gasteiger partial charge in [-0.1, -0.05) is 17.7 Å². The molecule has 0 amide bonds. The molecule has 1 aromatic carbocycles. The van der Waals surface area contributed by atoms with E-state index in [0.29, 0.717) is 18.5 Å². The molecule has 2 heterocycles. The summed E-state index contributed by atoms with van der Waals surface area (Å²) in [5.74, 6) is 1.49. The van der Waals surface area contributed by atoms with E-state index in [-0.39, 0.29) is 24.0 Å². The third-order valence-electron chi connectivity index (χ3n) is 5.44. The Balaban J connectivity index is 0.00000225. The highest BCUT2D eigenvalue weighted by Gasteiger charge is 2.31. The first-order valence-electron chi connectivity index (χ1n) is 9.94. The number of halogens is 1. The summed E-state index contributed by atoms with van der Waals surface area (Å²) in [5.41, 5.74) is 3.10. The fraction of sp³-hybridized carbons (Fsp3) is 0.524. The predicted octanol–water partition coefficient (Wildman–Crippen LogP) is 3.56. The number of hydrogen-bond donors (Lipinski definition) is 2. The highest BCUT2D eigenvalue weighted by atomic mass is 127. The van der Waals surface area contributed by atoms with E-state index in [0.717, 1.165) is 23.3 Å². The molecule has 0 bridgehead atoms. The van der Waals surface area contributed by atoms with Gasteiger partial charge in [0.2, 0.25) is 5.89 Å². The van der Waals surface area contributed by atoms with Crippen molar-refractivity contribution in [1.82, 2.24) is 20.5 Å². The largest absolute Gasteiger partial charge is 0.444 e. The smallest absolute Gasteiger partial charge is 0.226 e. The van der Waals surface area contributed by atoms with Gasteiger partial charge in [0.25, 0.3) is 0 Å². The van der Waals surface area contributed by atoms with Crippen LogP contribution in [0.25, 0.3) is 11.5 Å². The number of aromatic nitrogens is 1. The summed E-state index contributed by atoms with van der Waals surface area (Å²) in [6.45, 7) is 5.06. The molecule has 7 heteroatoms. The van der Waals surface area contributed by atoms with Crippen LogP contribution in [0.3, 0.4) is 0 Å². The number of hydrogen-bond acceptors (Lipinski definition) is 4. The molecular weight excluding hydrogens is 465 g/mol. The maximum atomic E-state index is 5.63. The van der Waals surface area contributed by atoms with Crippen molar-refractivity contribution in [3.63, 3.8) is 0 Å². The third kappa shape index (κ3) is 5.47. The van der Waals surface area contributed by atoms with Crippen LogP contribution in [0.1, 0.15) is 36.9 Å². The lowest BCUT2D eigenvalue weighted by atomic mass is 10.1. The summed E-state index contributed by atoms with van der Waals surface area (Å²) in [7, 11) is 1.81. The summed E-state index contributed by atoms with van der Waals surface area (Å²) in [4.78, 5) is 11.6. The topological polar surface area (TPSA) is 65.7 Å². The van der Waals surface area contributed by atoms with E-state index in [2.05, 4.69) is 44.6 Å². The Kier molecular flexibility index (Phi) is 7.34. The standard InChI is InChI=1S/C21H29N5O.HI/c1-15-3-5-16(6-4-15)20-24-18(14-27-20)13-23-21(22-2)25-17-9-11-26(12-10-17)19-7-8-19;/h3-6,14,17,19H,7-13H2,1-2H3,(H2,22,23,25);1H. The van der Waals surface area contributed by atoms with Crippen LogP contribution in [0.15, 0.2) is 39.9 Å². The number of aliphatic imine (C=N–C) groups is 1. The number of nitrogens with zero attached hydrogens (tertiary/aromatic N) is 3. The number of aryl methyl sites for hydroxylation is 1. The zero-order valence-electron chi connectivity index (χ0n) is 16.6. The predicted molar refractivity (Wildman–Crippen MR) is 123 cm³/mol. The Labute approximate surface area is 184 Å². The fourth-order valence-electron chi connectivity index (χ4n) is 3.63. The fourth-order valence-corrected chi connectivity index (χ4v) is 3.63. The zero-order valence-corrected chi connectivity index (χ0v) is 19.0. The molecule has 0 spiro atoms. The number of benzene rings is 1. The lowest BCUT2D eigenvalue weighted by Crippen LogP contribution is -2.48. The molecule has 1 saturated heterocycles. The van der Waals surface area contributed by atoms with Gasteiger partial charge in [-0.25, -0.2) is 4.98 Å². The first kappa shape index (κ1) is 21.1. The van der Waals surface area contributed by atoms with Crippen LogP contribution in [0.2, 0.25) is 0 Å². The summed E-state index contributed by atoms with van der Waals surface area (Å²) >= 11 is 0. The molecule has 1 aliphatic carbocycles. The zero-order chi connectivity index (χ0) is 18.6. The molecule has 2 aromatic rings. The molecule has 2 aliphatic rings. The Hall–Kier alpha value is -1.61. The molecule has 4 rings (SSSR count). The highest BCUT2D eigenvalue weighted by Crippen LogP contribution is 2.29. The van der Waals surface area contributed by atoms with Crippen LogP contribution in [-0.4, -0.2) is 48.1 Å². The van der Waals surface area contributed by atoms with Crippen molar-refractivity contribution in [1.29, 1.82) is 0 Å². The number of piperidine rings is 1. The van der Waals surface area contributed by atoms with Crippen LogP contribution in [0, 0.1) is 6.92 Å². The Morgan fingerprint density at radius 1 is 1.18 bits per heavy atom. The maximum Gasteiger partial charge on any atom is 0.226 e. The van der Waals surface area contributed by atoms with Crippen molar-refractivity contribution in [2.75, 3.05) is 20.1 Å². The molecule has 1 aliphatic heterocycles. The molecule has 2 fully saturated rings.